The predicted octanol–water partition coefficient (Wildman–Crippen LogP) is 4.23. The highest BCUT2D eigenvalue weighted by atomic mass is 16.6. The maximum absolute atomic E-state index is 11.7. The third-order valence-electron chi connectivity index (χ3n) is 3.84. The third kappa shape index (κ3) is 8.60. The van der Waals surface area contributed by atoms with Crippen molar-refractivity contribution in [1.29, 1.82) is 0 Å². The highest BCUT2D eigenvalue weighted by molar-refractivity contribution is 5.75. The van der Waals surface area contributed by atoms with Crippen molar-refractivity contribution >= 4 is 5.97 Å². The van der Waals surface area contributed by atoms with E-state index in [0.29, 0.717) is 19.8 Å². The summed E-state index contributed by atoms with van der Waals surface area (Å²) in [5, 5.41) is 0. The second-order valence-corrected chi connectivity index (χ2v) is 6.21. The quantitative estimate of drug-likeness (QED) is 0.427. The lowest BCUT2D eigenvalue weighted by atomic mass is 9.91. The van der Waals surface area contributed by atoms with Crippen molar-refractivity contribution in [3.05, 3.63) is 30.3 Å². The van der Waals surface area contributed by atoms with Crippen LogP contribution < -0.4 is 4.74 Å². The van der Waals surface area contributed by atoms with Crippen molar-refractivity contribution in [2.24, 2.45) is 5.41 Å². The van der Waals surface area contributed by atoms with Gasteiger partial charge in [0.1, 0.15) is 12.4 Å². The fraction of sp³-hybridized carbons (Fsp3) is 0.632. The molecular weight excluding hydrogens is 292 g/mol. The number of carbonyl (C=O) groups is 1. The Bertz CT molecular complexity index is 428. The highest BCUT2D eigenvalue weighted by Gasteiger charge is 2.26. The molecule has 23 heavy (non-hydrogen) atoms. The SMILES string of the molecule is CCC(C)(C)C(=O)OCCOCCCCCOc1ccccc1. The maximum atomic E-state index is 11.7. The average Bonchev–Trinajstić information content (AvgIpc) is 2.57. The Morgan fingerprint density at radius 2 is 1.65 bits per heavy atom. The van der Waals surface area contributed by atoms with Crippen molar-refractivity contribution in [1.82, 2.24) is 0 Å². The Balaban J connectivity index is 1.89. The second kappa shape index (κ2) is 11.1. The maximum Gasteiger partial charge on any atom is 0.311 e. The van der Waals surface area contributed by atoms with E-state index in [4.69, 9.17) is 14.2 Å². The second-order valence-electron chi connectivity index (χ2n) is 6.21. The molecule has 0 amide bonds. The molecule has 0 aliphatic rings. The first-order chi connectivity index (χ1) is 11.1. The molecular formula is C19H30O4. The first-order valence-corrected chi connectivity index (χ1v) is 8.49. The van der Waals surface area contributed by atoms with E-state index in [1.807, 2.05) is 51.1 Å². The van der Waals surface area contributed by atoms with Gasteiger partial charge in [-0.3, -0.25) is 4.79 Å². The smallest absolute Gasteiger partial charge is 0.311 e. The number of hydrogen-bond donors (Lipinski definition) is 0. The minimum atomic E-state index is -0.404. The molecule has 1 rings (SSSR count). The Morgan fingerprint density at radius 3 is 2.35 bits per heavy atom. The molecule has 0 unspecified atom stereocenters. The summed E-state index contributed by atoms with van der Waals surface area (Å²) in [6.45, 7) is 8.00. The molecule has 0 bridgehead atoms. The van der Waals surface area contributed by atoms with Gasteiger partial charge in [0.15, 0.2) is 0 Å². The van der Waals surface area contributed by atoms with E-state index in [1.54, 1.807) is 0 Å². The Hall–Kier alpha value is -1.55. The summed E-state index contributed by atoms with van der Waals surface area (Å²) < 4.78 is 16.3. The van der Waals surface area contributed by atoms with E-state index in [2.05, 4.69) is 0 Å². The van der Waals surface area contributed by atoms with Crippen LogP contribution in [0.1, 0.15) is 46.5 Å². The van der Waals surface area contributed by atoms with E-state index >= 15 is 0 Å². The van der Waals surface area contributed by atoms with Crippen molar-refractivity contribution < 1.29 is 19.0 Å². The fourth-order valence-electron chi connectivity index (χ4n) is 1.82. The first kappa shape index (κ1) is 19.5. The number of hydrogen-bond acceptors (Lipinski definition) is 4. The van der Waals surface area contributed by atoms with Crippen LogP contribution in [0, 0.1) is 5.41 Å². The summed E-state index contributed by atoms with van der Waals surface area (Å²) >= 11 is 0. The average molecular weight is 322 g/mol. The third-order valence-corrected chi connectivity index (χ3v) is 3.84. The highest BCUT2D eigenvalue weighted by Crippen LogP contribution is 2.21. The minimum absolute atomic E-state index is 0.151. The van der Waals surface area contributed by atoms with E-state index < -0.39 is 5.41 Å². The molecule has 0 aromatic heterocycles. The molecule has 0 heterocycles. The number of para-hydroxylation sites is 1. The zero-order valence-electron chi connectivity index (χ0n) is 14.7. The normalized spacial score (nSPS) is 11.3. The van der Waals surface area contributed by atoms with Gasteiger partial charge < -0.3 is 14.2 Å². The van der Waals surface area contributed by atoms with Crippen LogP contribution in [0.15, 0.2) is 30.3 Å². The lowest BCUT2D eigenvalue weighted by Gasteiger charge is -2.20. The van der Waals surface area contributed by atoms with Gasteiger partial charge in [-0.05, 0) is 51.7 Å². The molecule has 0 aliphatic heterocycles. The summed E-state index contributed by atoms with van der Waals surface area (Å²) in [5.74, 6) is 0.766. The molecule has 0 spiro atoms. The number of unbranched alkanes of at least 4 members (excludes halogenated alkanes) is 2. The van der Waals surface area contributed by atoms with Gasteiger partial charge in [0.05, 0.1) is 18.6 Å². The zero-order valence-corrected chi connectivity index (χ0v) is 14.7. The molecule has 0 atom stereocenters. The topological polar surface area (TPSA) is 44.8 Å². The molecule has 0 aliphatic carbocycles. The van der Waals surface area contributed by atoms with Gasteiger partial charge in [-0.2, -0.15) is 0 Å². The van der Waals surface area contributed by atoms with Crippen LogP contribution in [-0.4, -0.2) is 32.4 Å². The number of carbonyl (C=O) groups excluding carboxylic acids is 1. The van der Waals surface area contributed by atoms with E-state index in [0.717, 1.165) is 38.0 Å². The summed E-state index contributed by atoms with van der Waals surface area (Å²) in [4.78, 5) is 11.7. The largest absolute Gasteiger partial charge is 0.494 e. The van der Waals surface area contributed by atoms with Gasteiger partial charge >= 0.3 is 5.97 Å². The van der Waals surface area contributed by atoms with E-state index in [9.17, 15) is 4.79 Å². The summed E-state index contributed by atoms with van der Waals surface area (Å²) in [6.07, 6.45) is 3.84. The molecule has 0 fully saturated rings. The van der Waals surface area contributed by atoms with Crippen LogP contribution >= 0.6 is 0 Å². The summed E-state index contributed by atoms with van der Waals surface area (Å²) in [6, 6.07) is 9.84. The van der Waals surface area contributed by atoms with Gasteiger partial charge in [0.25, 0.3) is 0 Å². The van der Waals surface area contributed by atoms with E-state index in [-0.39, 0.29) is 5.97 Å². The Labute approximate surface area is 140 Å². The molecule has 0 saturated carbocycles. The number of rotatable bonds is 12. The summed E-state index contributed by atoms with van der Waals surface area (Å²) in [7, 11) is 0. The lowest BCUT2D eigenvalue weighted by Crippen LogP contribution is -2.27. The molecule has 130 valence electrons. The Kier molecular flexibility index (Phi) is 9.37. The number of esters is 1. The van der Waals surface area contributed by atoms with Gasteiger partial charge in [0.2, 0.25) is 0 Å². The van der Waals surface area contributed by atoms with E-state index in [1.165, 1.54) is 0 Å². The van der Waals surface area contributed by atoms with Crippen LogP contribution in [0.5, 0.6) is 5.75 Å². The van der Waals surface area contributed by atoms with Crippen LogP contribution in [-0.2, 0) is 14.3 Å². The van der Waals surface area contributed by atoms with Gasteiger partial charge in [0, 0.05) is 6.61 Å². The molecule has 0 radical (unpaired) electrons. The predicted molar refractivity (Wildman–Crippen MR) is 91.6 cm³/mol. The van der Waals surface area contributed by atoms with Crippen LogP contribution in [0.3, 0.4) is 0 Å². The van der Waals surface area contributed by atoms with Gasteiger partial charge in [-0.1, -0.05) is 25.1 Å². The molecule has 0 saturated heterocycles. The minimum Gasteiger partial charge on any atom is -0.494 e. The first-order valence-electron chi connectivity index (χ1n) is 8.49. The standard InChI is InChI=1S/C19H30O4/c1-4-19(2,3)18(20)23-16-15-21-13-9-6-10-14-22-17-11-7-5-8-12-17/h5,7-8,11-12H,4,6,9-10,13-16H2,1-3H3. The van der Waals surface area contributed by atoms with Crippen molar-refractivity contribution in [2.75, 3.05) is 26.4 Å². The van der Waals surface area contributed by atoms with Crippen molar-refractivity contribution in [2.45, 2.75) is 46.5 Å². The molecule has 1 aromatic carbocycles. The lowest BCUT2D eigenvalue weighted by molar-refractivity contribution is -0.155. The van der Waals surface area contributed by atoms with Gasteiger partial charge in [-0.25, -0.2) is 0 Å². The zero-order chi connectivity index (χ0) is 17.0. The summed E-state index contributed by atoms with van der Waals surface area (Å²) in [5.41, 5.74) is -0.404. The van der Waals surface area contributed by atoms with Crippen LogP contribution in [0.25, 0.3) is 0 Å². The molecule has 0 N–H and O–H groups in total. The molecule has 4 heteroatoms. The van der Waals surface area contributed by atoms with Crippen molar-refractivity contribution in [3.8, 4) is 5.75 Å². The molecule has 4 nitrogen and oxygen atoms in total. The van der Waals surface area contributed by atoms with Crippen LogP contribution in [0.2, 0.25) is 0 Å². The number of ether oxygens (including phenoxy) is 3. The fourth-order valence-corrected chi connectivity index (χ4v) is 1.82. The Morgan fingerprint density at radius 1 is 0.957 bits per heavy atom. The molecule has 1 aromatic rings. The van der Waals surface area contributed by atoms with Crippen molar-refractivity contribution in [3.63, 3.8) is 0 Å². The van der Waals surface area contributed by atoms with Gasteiger partial charge in [-0.15, -0.1) is 0 Å². The number of benzene rings is 1. The monoisotopic (exact) mass is 322 g/mol. The van der Waals surface area contributed by atoms with Crippen LogP contribution in [0.4, 0.5) is 0 Å².